The number of carbonyl (C=O) groups is 1. The molecule has 0 radical (unpaired) electrons. The predicted octanol–water partition coefficient (Wildman–Crippen LogP) is 2.51. The van der Waals surface area contributed by atoms with Crippen molar-refractivity contribution in [3.8, 4) is 0 Å². The minimum Gasteiger partial charge on any atom is -0.374 e. The van der Waals surface area contributed by atoms with Gasteiger partial charge in [0.2, 0.25) is 11.0 Å². The SMILES string of the molecule is Nc1nnc([C@@H](NC(=O)CSc2ccccn2)c2ccccc2)s1. The fourth-order valence-corrected chi connectivity index (χ4v) is 3.43. The van der Waals surface area contributed by atoms with E-state index in [-0.39, 0.29) is 17.7 Å². The number of amides is 1. The van der Waals surface area contributed by atoms with E-state index in [9.17, 15) is 4.79 Å². The van der Waals surface area contributed by atoms with Gasteiger partial charge in [-0.05, 0) is 17.7 Å². The van der Waals surface area contributed by atoms with Crippen LogP contribution in [0.2, 0.25) is 0 Å². The molecule has 1 amide bonds. The van der Waals surface area contributed by atoms with Gasteiger partial charge in [-0.25, -0.2) is 4.98 Å². The van der Waals surface area contributed by atoms with Crippen LogP contribution in [0.5, 0.6) is 0 Å². The smallest absolute Gasteiger partial charge is 0.231 e. The Morgan fingerprint density at radius 2 is 1.96 bits per heavy atom. The van der Waals surface area contributed by atoms with E-state index in [1.165, 1.54) is 23.1 Å². The van der Waals surface area contributed by atoms with Crippen molar-refractivity contribution >= 4 is 34.1 Å². The number of pyridine rings is 1. The second-order valence-corrected chi connectivity index (χ2v) is 6.88. The predicted molar refractivity (Wildman–Crippen MR) is 95.7 cm³/mol. The summed E-state index contributed by atoms with van der Waals surface area (Å²) < 4.78 is 0. The number of hydrogen-bond donors (Lipinski definition) is 2. The lowest BCUT2D eigenvalue weighted by atomic mass is 10.1. The molecule has 1 aromatic carbocycles. The van der Waals surface area contributed by atoms with Crippen LogP contribution in [-0.4, -0.2) is 26.8 Å². The van der Waals surface area contributed by atoms with Crippen LogP contribution in [0.3, 0.4) is 0 Å². The first kappa shape index (κ1) is 16.4. The molecule has 0 spiro atoms. The minimum atomic E-state index is -0.363. The molecule has 3 aromatic rings. The maximum absolute atomic E-state index is 12.3. The maximum atomic E-state index is 12.3. The zero-order valence-corrected chi connectivity index (χ0v) is 14.3. The third-order valence-corrected chi connectivity index (χ3v) is 4.89. The minimum absolute atomic E-state index is 0.103. The van der Waals surface area contributed by atoms with Gasteiger partial charge in [-0.2, -0.15) is 0 Å². The molecule has 0 aliphatic heterocycles. The largest absolute Gasteiger partial charge is 0.374 e. The molecule has 0 unspecified atom stereocenters. The lowest BCUT2D eigenvalue weighted by molar-refractivity contribution is -0.119. The van der Waals surface area contributed by atoms with Crippen LogP contribution in [0.25, 0.3) is 0 Å². The highest BCUT2D eigenvalue weighted by Gasteiger charge is 2.20. The molecule has 6 nitrogen and oxygen atoms in total. The van der Waals surface area contributed by atoms with Crippen molar-refractivity contribution in [1.82, 2.24) is 20.5 Å². The lowest BCUT2D eigenvalue weighted by Gasteiger charge is -2.16. The van der Waals surface area contributed by atoms with E-state index in [0.29, 0.717) is 10.1 Å². The molecule has 0 saturated carbocycles. The number of nitrogen functional groups attached to an aromatic ring is 1. The third-order valence-electron chi connectivity index (χ3n) is 3.13. The summed E-state index contributed by atoms with van der Waals surface area (Å²) in [7, 11) is 0. The monoisotopic (exact) mass is 357 g/mol. The molecular weight excluding hydrogens is 342 g/mol. The standard InChI is InChI=1S/C16H15N5OS2/c17-16-21-20-15(24-16)14(11-6-2-1-3-7-11)19-12(22)10-23-13-8-4-5-9-18-13/h1-9,14H,10H2,(H2,17,21)(H,19,22)/t14-/m0/s1. The molecule has 0 saturated heterocycles. The summed E-state index contributed by atoms with van der Waals surface area (Å²) in [6.07, 6.45) is 1.71. The Morgan fingerprint density at radius 1 is 1.17 bits per heavy atom. The highest BCUT2D eigenvalue weighted by Crippen LogP contribution is 2.26. The number of nitrogens with zero attached hydrogens (tertiary/aromatic N) is 3. The fourth-order valence-electron chi connectivity index (χ4n) is 2.07. The van der Waals surface area contributed by atoms with E-state index in [1.54, 1.807) is 6.20 Å². The highest BCUT2D eigenvalue weighted by atomic mass is 32.2. The number of benzene rings is 1. The summed E-state index contributed by atoms with van der Waals surface area (Å²) in [4.78, 5) is 16.5. The first-order valence-electron chi connectivity index (χ1n) is 7.19. The Hall–Kier alpha value is -2.45. The van der Waals surface area contributed by atoms with Gasteiger partial charge in [-0.15, -0.1) is 10.2 Å². The Morgan fingerprint density at radius 3 is 2.62 bits per heavy atom. The Bertz CT molecular complexity index is 794. The quantitative estimate of drug-likeness (QED) is 0.658. The van der Waals surface area contributed by atoms with Crippen molar-refractivity contribution in [2.45, 2.75) is 11.1 Å². The molecule has 24 heavy (non-hydrogen) atoms. The zero-order valence-electron chi connectivity index (χ0n) is 12.6. The van der Waals surface area contributed by atoms with E-state index in [0.717, 1.165) is 10.6 Å². The second-order valence-electron chi connectivity index (χ2n) is 4.85. The average Bonchev–Trinajstić information content (AvgIpc) is 3.05. The fraction of sp³-hybridized carbons (Fsp3) is 0.125. The average molecular weight is 357 g/mol. The number of hydrogen-bond acceptors (Lipinski definition) is 7. The number of nitrogens with one attached hydrogen (secondary N) is 1. The summed E-state index contributed by atoms with van der Waals surface area (Å²) >= 11 is 2.65. The second kappa shape index (κ2) is 7.89. The first-order chi connectivity index (χ1) is 11.7. The summed E-state index contributed by atoms with van der Waals surface area (Å²) in [5, 5.41) is 12.8. The first-order valence-corrected chi connectivity index (χ1v) is 8.99. The number of nitrogens with two attached hydrogens (primary N) is 1. The molecule has 0 fully saturated rings. The molecule has 2 heterocycles. The Balaban J connectivity index is 1.71. The number of rotatable bonds is 6. The molecular formula is C16H15N5OS2. The molecule has 0 aliphatic rings. The normalized spacial score (nSPS) is 11.8. The molecule has 3 rings (SSSR count). The van der Waals surface area contributed by atoms with E-state index < -0.39 is 0 Å². The Kier molecular flexibility index (Phi) is 5.39. The van der Waals surface area contributed by atoms with Crippen molar-refractivity contribution in [3.05, 3.63) is 65.3 Å². The number of carbonyl (C=O) groups excluding carboxylic acids is 1. The van der Waals surface area contributed by atoms with E-state index >= 15 is 0 Å². The van der Waals surface area contributed by atoms with Crippen molar-refractivity contribution in [1.29, 1.82) is 0 Å². The summed E-state index contributed by atoms with van der Waals surface area (Å²) in [6.45, 7) is 0. The molecule has 8 heteroatoms. The van der Waals surface area contributed by atoms with Crippen molar-refractivity contribution in [3.63, 3.8) is 0 Å². The van der Waals surface area contributed by atoms with Gasteiger partial charge in [0.15, 0.2) is 0 Å². The van der Waals surface area contributed by atoms with Crippen LogP contribution in [0.15, 0.2) is 59.8 Å². The topological polar surface area (TPSA) is 93.8 Å². The molecule has 2 aromatic heterocycles. The van der Waals surface area contributed by atoms with Crippen LogP contribution in [0.4, 0.5) is 5.13 Å². The molecule has 3 N–H and O–H groups in total. The van der Waals surface area contributed by atoms with E-state index in [4.69, 9.17) is 5.73 Å². The van der Waals surface area contributed by atoms with Gasteiger partial charge in [0.25, 0.3) is 0 Å². The number of anilines is 1. The van der Waals surface area contributed by atoms with Gasteiger partial charge in [-0.3, -0.25) is 4.79 Å². The summed E-state index contributed by atoms with van der Waals surface area (Å²) in [6, 6.07) is 14.9. The zero-order chi connectivity index (χ0) is 16.8. The third kappa shape index (κ3) is 4.30. The summed E-state index contributed by atoms with van der Waals surface area (Å²) in [5.41, 5.74) is 6.61. The molecule has 1 atom stereocenters. The number of thioether (sulfide) groups is 1. The van der Waals surface area contributed by atoms with Gasteiger partial charge >= 0.3 is 0 Å². The maximum Gasteiger partial charge on any atom is 0.231 e. The lowest BCUT2D eigenvalue weighted by Crippen LogP contribution is -2.30. The van der Waals surface area contributed by atoms with Gasteiger partial charge in [0.1, 0.15) is 11.0 Å². The van der Waals surface area contributed by atoms with Crippen LogP contribution < -0.4 is 11.1 Å². The molecule has 0 bridgehead atoms. The highest BCUT2D eigenvalue weighted by molar-refractivity contribution is 7.99. The van der Waals surface area contributed by atoms with Gasteiger partial charge < -0.3 is 11.1 Å². The van der Waals surface area contributed by atoms with E-state index in [1.807, 2.05) is 48.5 Å². The Labute approximate surface area is 147 Å². The van der Waals surface area contributed by atoms with Gasteiger partial charge in [0.05, 0.1) is 10.8 Å². The van der Waals surface area contributed by atoms with Gasteiger partial charge in [-0.1, -0.05) is 59.5 Å². The number of aromatic nitrogens is 3. The van der Waals surface area contributed by atoms with Crippen molar-refractivity contribution in [2.75, 3.05) is 11.5 Å². The van der Waals surface area contributed by atoms with Crippen LogP contribution in [-0.2, 0) is 4.79 Å². The van der Waals surface area contributed by atoms with E-state index in [2.05, 4.69) is 20.5 Å². The summed E-state index contributed by atoms with van der Waals surface area (Å²) in [5.74, 6) is 0.169. The van der Waals surface area contributed by atoms with Crippen LogP contribution >= 0.6 is 23.1 Å². The van der Waals surface area contributed by atoms with Crippen LogP contribution in [0, 0.1) is 0 Å². The van der Waals surface area contributed by atoms with Crippen molar-refractivity contribution < 1.29 is 4.79 Å². The van der Waals surface area contributed by atoms with Crippen molar-refractivity contribution in [2.24, 2.45) is 0 Å². The molecule has 0 aliphatic carbocycles. The molecule has 122 valence electrons. The van der Waals surface area contributed by atoms with Gasteiger partial charge in [0, 0.05) is 6.20 Å². The van der Waals surface area contributed by atoms with Crippen LogP contribution in [0.1, 0.15) is 16.6 Å².